The number of piperazine rings is 1. The number of benzene rings is 1. The first kappa shape index (κ1) is 29.4. The Morgan fingerprint density at radius 1 is 1.20 bits per heavy atom. The Morgan fingerprint density at radius 2 is 1.95 bits per heavy atom. The maximum absolute atomic E-state index is 15.6. The number of ether oxygens (including phenoxy) is 3. The third-order valence-electron chi connectivity index (χ3n) is 8.42. The van der Waals surface area contributed by atoms with E-state index in [1.807, 2.05) is 18.9 Å². The monoisotopic (exact) mass is 610 g/mol. The van der Waals surface area contributed by atoms with Gasteiger partial charge in [-0.25, -0.2) is 14.0 Å². The molecule has 3 aliphatic heterocycles. The van der Waals surface area contributed by atoms with Crippen molar-refractivity contribution in [2.45, 2.75) is 44.7 Å². The van der Waals surface area contributed by atoms with E-state index in [0.29, 0.717) is 24.3 Å². The van der Waals surface area contributed by atoms with Crippen LogP contribution in [0.25, 0.3) is 21.3 Å². The molecule has 5 heterocycles. The van der Waals surface area contributed by atoms with Gasteiger partial charge in [-0.1, -0.05) is 5.11 Å². The number of pyridine rings is 1. The summed E-state index contributed by atoms with van der Waals surface area (Å²) in [5, 5.41) is 3.72. The summed E-state index contributed by atoms with van der Waals surface area (Å²) in [5.41, 5.74) is 7.80. The van der Waals surface area contributed by atoms with E-state index in [0.717, 1.165) is 19.2 Å². The first-order valence-electron chi connectivity index (χ1n) is 14.2. The van der Waals surface area contributed by atoms with Crippen molar-refractivity contribution in [3.8, 4) is 5.75 Å². The maximum atomic E-state index is 15.6. The first-order chi connectivity index (χ1) is 21.1. The van der Waals surface area contributed by atoms with Gasteiger partial charge in [0, 0.05) is 55.5 Å². The van der Waals surface area contributed by atoms with Crippen molar-refractivity contribution in [1.29, 1.82) is 0 Å². The van der Waals surface area contributed by atoms with E-state index in [2.05, 4.69) is 19.9 Å². The summed E-state index contributed by atoms with van der Waals surface area (Å²) in [5.74, 6) is -1.31. The number of hydrogen-bond acceptors (Lipinski definition) is 10. The Morgan fingerprint density at radius 3 is 2.68 bits per heavy atom. The van der Waals surface area contributed by atoms with E-state index in [-0.39, 0.29) is 41.3 Å². The smallest absolute Gasteiger partial charge is 0.343 e. The Kier molecular flexibility index (Phi) is 7.65. The number of hydrogen-bond donors (Lipinski definition) is 1. The second-order valence-corrected chi connectivity index (χ2v) is 11.4. The zero-order valence-electron chi connectivity index (χ0n) is 24.4. The third-order valence-corrected chi connectivity index (χ3v) is 8.42. The van der Waals surface area contributed by atoms with Gasteiger partial charge >= 0.3 is 11.7 Å². The lowest BCUT2D eigenvalue weighted by atomic mass is 10.1. The lowest BCUT2D eigenvalue weighted by Gasteiger charge is -2.37. The molecule has 232 valence electrons. The van der Waals surface area contributed by atoms with Crippen LogP contribution in [0, 0.1) is 12.7 Å². The first-order valence-corrected chi connectivity index (χ1v) is 14.2. The molecule has 4 unspecified atom stereocenters. The molecule has 15 nitrogen and oxygen atoms in total. The fraction of sp³-hybridized carbons (Fsp3) is 0.500. The molecule has 3 aliphatic rings. The van der Waals surface area contributed by atoms with Gasteiger partial charge in [-0.05, 0) is 32.5 Å². The number of esters is 1. The van der Waals surface area contributed by atoms with Crippen LogP contribution >= 0.6 is 0 Å². The van der Waals surface area contributed by atoms with Crippen LogP contribution in [0.3, 0.4) is 0 Å². The Balaban J connectivity index is 1.29. The summed E-state index contributed by atoms with van der Waals surface area (Å²) in [4.78, 5) is 60.1. The van der Waals surface area contributed by atoms with Crippen LogP contribution in [0.5, 0.6) is 5.75 Å². The highest BCUT2D eigenvalue weighted by molar-refractivity contribution is 5.98. The van der Waals surface area contributed by atoms with Crippen molar-refractivity contribution in [2.24, 2.45) is 5.11 Å². The number of nitrogens with zero attached hydrogens (tertiary/aromatic N) is 7. The number of azide groups is 1. The molecule has 0 bridgehead atoms. The molecule has 0 saturated carbocycles. The fourth-order valence-electron chi connectivity index (χ4n) is 5.94. The van der Waals surface area contributed by atoms with Gasteiger partial charge in [0.1, 0.15) is 36.8 Å². The van der Waals surface area contributed by atoms with Gasteiger partial charge in [0.2, 0.25) is 5.43 Å². The van der Waals surface area contributed by atoms with Gasteiger partial charge in [-0.3, -0.25) is 19.1 Å². The van der Waals surface area contributed by atoms with Gasteiger partial charge in [0.15, 0.2) is 11.6 Å². The van der Waals surface area contributed by atoms with Crippen LogP contribution < -0.4 is 26.3 Å². The number of anilines is 1. The normalized spacial score (nSPS) is 23.3. The molecule has 2 aromatic heterocycles. The number of likely N-dealkylation sites (N-methyl/N-ethyl adjacent to an activating group) is 1. The van der Waals surface area contributed by atoms with Crippen molar-refractivity contribution in [3.05, 3.63) is 76.9 Å². The second-order valence-electron chi connectivity index (χ2n) is 11.4. The lowest BCUT2D eigenvalue weighted by Crippen LogP contribution is -2.45. The largest absolute Gasteiger partial charge is 0.487 e. The Labute approximate surface area is 249 Å². The molecule has 1 aromatic carbocycles. The number of H-pyrrole nitrogens is 1. The molecule has 0 amide bonds. The van der Waals surface area contributed by atoms with Crippen LogP contribution in [-0.2, 0) is 9.47 Å². The minimum absolute atomic E-state index is 0.00618. The topological polar surface area (TPSA) is 177 Å². The number of aromatic nitrogens is 3. The van der Waals surface area contributed by atoms with Crippen LogP contribution in [-0.4, -0.2) is 83.6 Å². The van der Waals surface area contributed by atoms with Crippen molar-refractivity contribution in [2.75, 3.05) is 51.3 Å². The number of aromatic amines is 1. The summed E-state index contributed by atoms with van der Waals surface area (Å²) in [7, 11) is 2.00. The van der Waals surface area contributed by atoms with Gasteiger partial charge in [-0.2, -0.15) is 0 Å². The predicted molar refractivity (Wildman–Crippen MR) is 156 cm³/mol. The fourth-order valence-corrected chi connectivity index (χ4v) is 5.94. The molecule has 2 fully saturated rings. The van der Waals surface area contributed by atoms with Gasteiger partial charge in [0.05, 0.1) is 23.0 Å². The van der Waals surface area contributed by atoms with Crippen LogP contribution in [0.1, 0.15) is 41.5 Å². The lowest BCUT2D eigenvalue weighted by molar-refractivity contribution is -0.0363. The molecule has 44 heavy (non-hydrogen) atoms. The van der Waals surface area contributed by atoms with E-state index >= 15 is 4.39 Å². The molecular formula is C28H31FN8O7. The predicted octanol–water partition coefficient (Wildman–Crippen LogP) is 1.83. The van der Waals surface area contributed by atoms with Gasteiger partial charge < -0.3 is 28.6 Å². The maximum Gasteiger partial charge on any atom is 0.343 e. The zero-order chi connectivity index (χ0) is 31.3. The average molecular weight is 611 g/mol. The molecule has 2 saturated heterocycles. The molecule has 0 aliphatic carbocycles. The van der Waals surface area contributed by atoms with Crippen molar-refractivity contribution in [1.82, 2.24) is 19.0 Å². The molecule has 4 atom stereocenters. The van der Waals surface area contributed by atoms with E-state index in [4.69, 9.17) is 19.7 Å². The minimum Gasteiger partial charge on any atom is -0.487 e. The highest BCUT2D eigenvalue weighted by Crippen LogP contribution is 2.42. The number of aryl methyl sites for hydroxylation is 1. The Hall–Kier alpha value is -4.66. The second kappa shape index (κ2) is 11.4. The van der Waals surface area contributed by atoms with E-state index in [1.54, 1.807) is 4.57 Å². The number of carbonyl (C=O) groups excluding carboxylic acids is 1. The van der Waals surface area contributed by atoms with Crippen LogP contribution in [0.2, 0.25) is 0 Å². The van der Waals surface area contributed by atoms with Crippen LogP contribution in [0.4, 0.5) is 10.1 Å². The highest BCUT2D eigenvalue weighted by Gasteiger charge is 2.38. The summed E-state index contributed by atoms with van der Waals surface area (Å²) >= 11 is 0. The number of halogens is 1. The minimum atomic E-state index is -0.965. The van der Waals surface area contributed by atoms with E-state index in [9.17, 15) is 19.2 Å². The number of nitrogens with one attached hydrogen (secondary N) is 1. The van der Waals surface area contributed by atoms with E-state index < -0.39 is 53.4 Å². The molecule has 16 heteroatoms. The van der Waals surface area contributed by atoms with Gasteiger partial charge in [0.25, 0.3) is 5.56 Å². The third kappa shape index (κ3) is 5.10. The molecular weight excluding hydrogens is 579 g/mol. The van der Waals surface area contributed by atoms with Crippen LogP contribution in [0.15, 0.2) is 38.0 Å². The molecule has 0 spiro atoms. The summed E-state index contributed by atoms with van der Waals surface area (Å²) < 4.78 is 35.9. The summed E-state index contributed by atoms with van der Waals surface area (Å²) in [6.45, 7) is 5.88. The highest BCUT2D eigenvalue weighted by atomic mass is 19.1. The van der Waals surface area contributed by atoms with E-state index in [1.165, 1.54) is 23.9 Å². The zero-order valence-corrected chi connectivity index (χ0v) is 24.4. The molecule has 1 N–H and O–H groups in total. The summed E-state index contributed by atoms with van der Waals surface area (Å²) in [6.07, 6.45) is 0.979. The average Bonchev–Trinajstić information content (AvgIpc) is 3.39. The quantitative estimate of drug-likeness (QED) is 0.189. The summed E-state index contributed by atoms with van der Waals surface area (Å²) in [6, 6.07) is 0.0726. The molecule has 3 aromatic rings. The molecule has 0 radical (unpaired) electrons. The SMILES string of the molecule is Cc1cn(C2CC(N=[N+]=[N-])C(COC(=O)c3cn4c5c(c(N6CCN(C)CC6)c(F)cc5c3=O)OCC4C)O2)c(=O)[nH]c1=O. The number of rotatable bonds is 6. The number of carbonyl (C=O) groups is 1. The molecule has 6 rings (SSSR count). The van der Waals surface area contributed by atoms with Gasteiger partial charge in [-0.15, -0.1) is 0 Å². The van der Waals surface area contributed by atoms with Crippen molar-refractivity contribution in [3.63, 3.8) is 0 Å². The Bertz CT molecular complexity index is 1870. The van der Waals surface area contributed by atoms with Crippen molar-refractivity contribution < 1.29 is 23.4 Å². The standard InChI is InChI=1S/C28H31FN8O7/c1-14-10-37(28(41)31-26(14)39)21-9-19(32-33-30)20(44-21)13-43-27(40)17-11-36-15(2)12-42-25-22(36)16(24(17)38)8-18(29)23(25)35-6-4-34(3)5-7-35/h8,10-11,15,19-21H,4-7,9,12-13H2,1-3H3,(H,31,39,41). The van der Waals surface area contributed by atoms with Crippen molar-refractivity contribution >= 4 is 22.6 Å².